The number of nitrogens with zero attached hydrogens (tertiary/aromatic N) is 3. The molecule has 46 heavy (non-hydrogen) atoms. The van der Waals surface area contributed by atoms with Crippen molar-refractivity contribution in [2.24, 2.45) is 0 Å². The molecule has 17 heteroatoms. The van der Waals surface area contributed by atoms with Crippen LogP contribution in [0.2, 0.25) is 0 Å². The Bertz CT molecular complexity index is 1500. The Hall–Kier alpha value is -3.60. The maximum atomic E-state index is 14.0. The average molecular weight is 685 g/mol. The highest BCUT2D eigenvalue weighted by Gasteiger charge is 2.40. The van der Waals surface area contributed by atoms with E-state index in [0.717, 1.165) is 15.3 Å². The molecule has 0 bridgehead atoms. The van der Waals surface area contributed by atoms with Gasteiger partial charge in [0.1, 0.15) is 11.9 Å². The summed E-state index contributed by atoms with van der Waals surface area (Å²) in [4.78, 5) is 28.7. The van der Waals surface area contributed by atoms with Crippen molar-refractivity contribution in [2.75, 3.05) is 26.7 Å². The van der Waals surface area contributed by atoms with Crippen molar-refractivity contribution in [1.82, 2.24) is 18.8 Å². The summed E-state index contributed by atoms with van der Waals surface area (Å²) in [5, 5.41) is 0. The lowest BCUT2D eigenvalue weighted by atomic mass is 9.90. The summed E-state index contributed by atoms with van der Waals surface area (Å²) >= 11 is 0. The minimum absolute atomic E-state index is 0.000421. The van der Waals surface area contributed by atoms with Crippen LogP contribution in [0.15, 0.2) is 36.4 Å². The molecule has 0 aromatic heterocycles. The van der Waals surface area contributed by atoms with Gasteiger partial charge in [0.05, 0.1) is 23.2 Å². The van der Waals surface area contributed by atoms with Gasteiger partial charge < -0.3 is 14.5 Å². The highest BCUT2D eigenvalue weighted by molar-refractivity contribution is 7.87. The number of halogens is 7. The molecule has 0 spiro atoms. The molecule has 2 aromatic rings. The van der Waals surface area contributed by atoms with E-state index in [9.17, 15) is 48.7 Å². The lowest BCUT2D eigenvalue weighted by molar-refractivity contribution is -0.143. The highest BCUT2D eigenvalue weighted by atomic mass is 32.2. The number of aryl methyl sites for hydroxylation is 1. The second-order valence-electron chi connectivity index (χ2n) is 10.9. The number of urea groups is 1. The molecule has 1 N–H and O–H groups in total. The molecule has 1 aliphatic rings. The third kappa shape index (κ3) is 8.60. The first kappa shape index (κ1) is 36.9. The van der Waals surface area contributed by atoms with Crippen LogP contribution in [0, 0.1) is 12.7 Å². The Morgan fingerprint density at radius 2 is 1.59 bits per heavy atom. The Kier molecular flexibility index (Phi) is 11.2. The van der Waals surface area contributed by atoms with Crippen LogP contribution in [0.1, 0.15) is 73.5 Å². The number of alkyl halides is 6. The van der Waals surface area contributed by atoms with E-state index in [4.69, 9.17) is 4.74 Å². The van der Waals surface area contributed by atoms with Crippen LogP contribution >= 0.6 is 0 Å². The maximum absolute atomic E-state index is 14.0. The van der Waals surface area contributed by atoms with Crippen LogP contribution in [0.25, 0.3) is 0 Å². The fourth-order valence-corrected chi connectivity index (χ4v) is 6.37. The van der Waals surface area contributed by atoms with Crippen LogP contribution in [-0.2, 0) is 27.3 Å². The van der Waals surface area contributed by atoms with Gasteiger partial charge in [-0.2, -0.15) is 39.1 Å². The van der Waals surface area contributed by atoms with Crippen molar-refractivity contribution in [3.63, 3.8) is 0 Å². The first-order valence-corrected chi connectivity index (χ1v) is 15.7. The zero-order chi connectivity index (χ0) is 34.8. The topological polar surface area (TPSA) is 99.3 Å². The first-order chi connectivity index (χ1) is 21.2. The van der Waals surface area contributed by atoms with Crippen LogP contribution in [0.3, 0.4) is 0 Å². The van der Waals surface area contributed by atoms with E-state index < -0.39 is 75.4 Å². The van der Waals surface area contributed by atoms with Gasteiger partial charge in [-0.05, 0) is 60.9 Å². The van der Waals surface area contributed by atoms with Crippen LogP contribution < -0.4 is 4.72 Å². The van der Waals surface area contributed by atoms with Gasteiger partial charge in [-0.25, -0.2) is 18.7 Å². The monoisotopic (exact) mass is 684 g/mol. The van der Waals surface area contributed by atoms with Gasteiger partial charge in [-0.1, -0.05) is 19.9 Å². The van der Waals surface area contributed by atoms with Gasteiger partial charge in [-0.15, -0.1) is 0 Å². The van der Waals surface area contributed by atoms with Gasteiger partial charge in [0.2, 0.25) is 0 Å². The molecule has 256 valence electrons. The molecular formula is C29H35F7N4O5S. The summed E-state index contributed by atoms with van der Waals surface area (Å²) in [7, 11) is -2.97. The van der Waals surface area contributed by atoms with Crippen molar-refractivity contribution < 1.29 is 53.5 Å². The number of rotatable bonds is 8. The number of carbonyl (C=O) groups is 2. The SMILES string of the molecule is CCN(CC)S(=O)(=O)NC(=O)O[C@H]1CCN(C(=O)N(C)[C@@H](C)c2cc(C(F)(F)F)cc(C(F)(F)F)c2)[C@@H](c2ccc(F)cc2C)C1. The highest BCUT2D eigenvalue weighted by Crippen LogP contribution is 2.40. The predicted molar refractivity (Wildman–Crippen MR) is 153 cm³/mol. The first-order valence-electron chi connectivity index (χ1n) is 14.3. The third-order valence-corrected chi connectivity index (χ3v) is 9.52. The van der Waals surface area contributed by atoms with E-state index >= 15 is 0 Å². The number of amides is 3. The molecule has 3 amide bonds. The van der Waals surface area contributed by atoms with Crippen molar-refractivity contribution in [2.45, 2.75) is 71.1 Å². The second-order valence-corrected chi connectivity index (χ2v) is 12.5. The van der Waals surface area contributed by atoms with Gasteiger partial charge in [0, 0.05) is 39.5 Å². The minimum atomic E-state index is -5.08. The van der Waals surface area contributed by atoms with Gasteiger partial charge in [-0.3, -0.25) is 0 Å². The summed E-state index contributed by atoms with van der Waals surface area (Å²) in [6.45, 7) is 6.09. The Morgan fingerprint density at radius 3 is 2.09 bits per heavy atom. The predicted octanol–water partition coefficient (Wildman–Crippen LogP) is 6.80. The Balaban J connectivity index is 1.92. The summed E-state index contributed by atoms with van der Waals surface area (Å²) in [6, 6.07) is 1.96. The minimum Gasteiger partial charge on any atom is -0.445 e. The Morgan fingerprint density at radius 1 is 1.02 bits per heavy atom. The number of benzene rings is 2. The molecule has 1 heterocycles. The molecule has 1 saturated heterocycles. The largest absolute Gasteiger partial charge is 0.445 e. The fraction of sp³-hybridized carbons (Fsp3) is 0.517. The molecule has 2 aromatic carbocycles. The normalized spacial score (nSPS) is 18.3. The molecule has 1 fully saturated rings. The fourth-order valence-electron chi connectivity index (χ4n) is 5.30. The Labute approximate surface area is 262 Å². The molecule has 0 aliphatic carbocycles. The van der Waals surface area contributed by atoms with E-state index in [1.165, 1.54) is 31.0 Å². The molecule has 3 rings (SSSR count). The molecule has 9 nitrogen and oxygen atoms in total. The molecule has 3 atom stereocenters. The van der Waals surface area contributed by atoms with Crippen LogP contribution in [0.4, 0.5) is 40.3 Å². The number of likely N-dealkylation sites (tertiary alicyclic amines) is 1. The lowest BCUT2D eigenvalue weighted by Crippen LogP contribution is -2.50. The number of piperidine rings is 1. The molecule has 0 unspecified atom stereocenters. The number of hydrogen-bond donors (Lipinski definition) is 1. The summed E-state index contributed by atoms with van der Waals surface area (Å²) in [5.41, 5.74) is -2.59. The van der Waals surface area contributed by atoms with E-state index in [2.05, 4.69) is 0 Å². The third-order valence-electron chi connectivity index (χ3n) is 7.90. The van der Waals surface area contributed by atoms with Gasteiger partial charge >= 0.3 is 34.7 Å². The number of nitrogens with one attached hydrogen (secondary N) is 1. The maximum Gasteiger partial charge on any atom is 0.422 e. The number of ether oxygens (including phenoxy) is 1. The average Bonchev–Trinajstić information content (AvgIpc) is 2.95. The molecule has 1 aliphatic heterocycles. The van der Waals surface area contributed by atoms with Crippen molar-refractivity contribution in [3.05, 3.63) is 70.0 Å². The number of hydrogen-bond acceptors (Lipinski definition) is 5. The summed E-state index contributed by atoms with van der Waals surface area (Å²) in [5.74, 6) is -0.570. The van der Waals surface area contributed by atoms with E-state index in [0.29, 0.717) is 23.3 Å². The summed E-state index contributed by atoms with van der Waals surface area (Å²) in [6.07, 6.45) is -12.4. The van der Waals surface area contributed by atoms with Crippen LogP contribution in [-0.4, -0.2) is 67.4 Å². The van der Waals surface area contributed by atoms with E-state index in [1.54, 1.807) is 20.8 Å². The second kappa shape index (κ2) is 14.0. The summed E-state index contributed by atoms with van der Waals surface area (Å²) < 4.78 is 128. The smallest absolute Gasteiger partial charge is 0.422 e. The lowest BCUT2D eigenvalue weighted by Gasteiger charge is -2.42. The van der Waals surface area contributed by atoms with Gasteiger partial charge in [0.15, 0.2) is 0 Å². The molecular weight excluding hydrogens is 649 g/mol. The quantitative estimate of drug-likeness (QED) is 0.309. The standard InChI is InChI=1S/C29H35F7N4O5S/c1-6-39(7-2)46(43,44)37-26(41)45-23-10-11-40(25(16-23)24-9-8-22(30)12-17(24)3)27(42)38(5)18(4)19-13-20(28(31,32)33)15-21(14-19)29(34,35)36/h8-9,12-15,18,23,25H,6-7,10-11,16H2,1-5H3,(H,37,41)/t18-,23-,25+/m0/s1. The van der Waals surface area contributed by atoms with E-state index in [-0.39, 0.29) is 38.5 Å². The molecule has 0 radical (unpaired) electrons. The van der Waals surface area contributed by atoms with E-state index in [1.807, 2.05) is 4.72 Å². The van der Waals surface area contributed by atoms with Crippen LogP contribution in [0.5, 0.6) is 0 Å². The van der Waals surface area contributed by atoms with Crippen molar-refractivity contribution in [3.8, 4) is 0 Å². The zero-order valence-electron chi connectivity index (χ0n) is 25.7. The number of carbonyl (C=O) groups excluding carboxylic acids is 2. The van der Waals surface area contributed by atoms with Crippen molar-refractivity contribution >= 4 is 22.3 Å². The van der Waals surface area contributed by atoms with Gasteiger partial charge in [0.25, 0.3) is 0 Å². The zero-order valence-corrected chi connectivity index (χ0v) is 26.5. The molecule has 0 saturated carbocycles. The van der Waals surface area contributed by atoms with Crippen molar-refractivity contribution in [1.29, 1.82) is 0 Å².